The number of hydrogen-bond acceptors (Lipinski definition) is 6. The molecule has 0 heterocycles. The Hall–Kier alpha value is -2.98. The van der Waals surface area contributed by atoms with Crippen LogP contribution in [0.4, 0.5) is 0 Å². The Morgan fingerprint density at radius 2 is 1.58 bits per heavy atom. The number of hydrogen-bond donors (Lipinski definition) is 6. The van der Waals surface area contributed by atoms with E-state index in [0.717, 1.165) is 5.56 Å². The van der Waals surface area contributed by atoms with Gasteiger partial charge in [-0.3, -0.25) is 14.4 Å². The van der Waals surface area contributed by atoms with Crippen molar-refractivity contribution in [3.8, 4) is 0 Å². The lowest BCUT2D eigenvalue weighted by Gasteiger charge is -2.24. The van der Waals surface area contributed by atoms with Crippen LogP contribution in [0.25, 0.3) is 0 Å². The third-order valence-electron chi connectivity index (χ3n) is 4.98. The molecule has 3 amide bonds. The average molecular weight is 437 g/mol. The summed E-state index contributed by atoms with van der Waals surface area (Å²) in [5, 5.41) is 25.9. The van der Waals surface area contributed by atoms with Gasteiger partial charge in [-0.1, -0.05) is 50.6 Å². The predicted octanol–water partition coefficient (Wildman–Crippen LogP) is -0.846. The predicted molar refractivity (Wildman–Crippen MR) is 114 cm³/mol. The topological polar surface area (TPSA) is 171 Å². The number of rotatable bonds is 12. The molecule has 1 aromatic rings. The van der Waals surface area contributed by atoms with E-state index in [1.807, 2.05) is 30.3 Å². The number of carbonyl (C=O) groups excluding carboxylic acids is 3. The molecule has 5 unspecified atom stereocenters. The molecule has 0 aliphatic rings. The summed E-state index contributed by atoms with van der Waals surface area (Å²) in [7, 11) is 0. The van der Waals surface area contributed by atoms with Crippen molar-refractivity contribution >= 4 is 23.7 Å². The average Bonchev–Trinajstić information content (AvgIpc) is 2.74. The molecule has 10 heteroatoms. The summed E-state index contributed by atoms with van der Waals surface area (Å²) in [4.78, 5) is 48.3. The number of carbonyl (C=O) groups is 4. The second-order valence-corrected chi connectivity index (χ2v) is 7.48. The molecule has 1 rings (SSSR count). The van der Waals surface area contributed by atoms with Crippen LogP contribution >= 0.6 is 0 Å². The van der Waals surface area contributed by atoms with Crippen LogP contribution in [0.1, 0.15) is 32.8 Å². The van der Waals surface area contributed by atoms with Gasteiger partial charge in [-0.2, -0.15) is 0 Å². The minimum absolute atomic E-state index is 0.247. The second kappa shape index (κ2) is 12.7. The van der Waals surface area contributed by atoms with Gasteiger partial charge < -0.3 is 31.9 Å². The Morgan fingerprint density at radius 3 is 2.10 bits per heavy atom. The molecule has 0 aliphatic heterocycles. The fraction of sp³-hybridized carbons (Fsp3) is 0.524. The molecular weight excluding hydrogens is 404 g/mol. The van der Waals surface area contributed by atoms with Gasteiger partial charge in [0.1, 0.15) is 18.1 Å². The summed E-state index contributed by atoms with van der Waals surface area (Å²) in [6, 6.07) is 4.66. The van der Waals surface area contributed by atoms with Gasteiger partial charge in [-0.15, -0.1) is 0 Å². The fourth-order valence-electron chi connectivity index (χ4n) is 2.77. The third kappa shape index (κ3) is 8.35. The van der Waals surface area contributed by atoms with E-state index in [1.165, 1.54) is 6.92 Å². The van der Waals surface area contributed by atoms with Crippen LogP contribution in [-0.2, 0) is 25.6 Å². The molecule has 0 fully saturated rings. The quantitative estimate of drug-likeness (QED) is 0.248. The first-order chi connectivity index (χ1) is 14.6. The van der Waals surface area contributed by atoms with Crippen LogP contribution in [-0.4, -0.2) is 64.7 Å². The Labute approximate surface area is 181 Å². The standard InChI is InChI=1S/C21H32N4O6/c1-4-12(2)17(21(30)31)25-18(27)13(3)23-20(29)16(11-26)24-19(28)15(22)10-14-8-6-5-7-9-14/h5-9,12-13,15-17,26H,4,10-11,22H2,1-3H3,(H,23,29)(H,24,28)(H,25,27)(H,30,31). The zero-order valence-corrected chi connectivity index (χ0v) is 18.0. The maximum absolute atomic E-state index is 12.4. The highest BCUT2D eigenvalue weighted by molar-refractivity contribution is 5.94. The first-order valence-electron chi connectivity index (χ1n) is 10.1. The van der Waals surface area contributed by atoms with Crippen molar-refractivity contribution in [1.82, 2.24) is 16.0 Å². The molecule has 0 radical (unpaired) electrons. The molecule has 1 aromatic carbocycles. The van der Waals surface area contributed by atoms with E-state index in [0.29, 0.717) is 6.42 Å². The molecule has 7 N–H and O–H groups in total. The molecule has 31 heavy (non-hydrogen) atoms. The van der Waals surface area contributed by atoms with Gasteiger partial charge in [0.25, 0.3) is 0 Å². The van der Waals surface area contributed by atoms with Gasteiger partial charge >= 0.3 is 5.97 Å². The van der Waals surface area contributed by atoms with Gasteiger partial charge in [0.15, 0.2) is 0 Å². The van der Waals surface area contributed by atoms with Crippen molar-refractivity contribution in [2.24, 2.45) is 11.7 Å². The fourth-order valence-corrected chi connectivity index (χ4v) is 2.77. The number of aliphatic hydroxyl groups is 1. The molecule has 0 saturated carbocycles. The number of nitrogens with one attached hydrogen (secondary N) is 3. The highest BCUT2D eigenvalue weighted by Gasteiger charge is 2.29. The lowest BCUT2D eigenvalue weighted by Crippen LogP contribution is -2.58. The number of aliphatic carboxylic acids is 1. The lowest BCUT2D eigenvalue weighted by atomic mass is 9.99. The SMILES string of the molecule is CCC(C)C(NC(=O)C(C)NC(=O)C(CO)NC(=O)C(N)Cc1ccccc1)C(=O)O. The van der Waals surface area contributed by atoms with Crippen LogP contribution in [0.3, 0.4) is 0 Å². The van der Waals surface area contributed by atoms with Gasteiger partial charge in [0.05, 0.1) is 12.6 Å². The van der Waals surface area contributed by atoms with E-state index in [2.05, 4.69) is 16.0 Å². The minimum Gasteiger partial charge on any atom is -0.480 e. The van der Waals surface area contributed by atoms with E-state index in [4.69, 9.17) is 5.73 Å². The van der Waals surface area contributed by atoms with Crippen molar-refractivity contribution < 1.29 is 29.4 Å². The first kappa shape index (κ1) is 26.1. The molecular formula is C21H32N4O6. The van der Waals surface area contributed by atoms with Gasteiger partial charge in [0, 0.05) is 0 Å². The Bertz CT molecular complexity index is 757. The van der Waals surface area contributed by atoms with Crippen LogP contribution in [0.2, 0.25) is 0 Å². The van der Waals surface area contributed by atoms with Crippen molar-refractivity contribution in [2.75, 3.05) is 6.61 Å². The number of carboxylic acid groups (broad SMARTS) is 1. The Morgan fingerprint density at radius 1 is 0.968 bits per heavy atom. The largest absolute Gasteiger partial charge is 0.480 e. The van der Waals surface area contributed by atoms with Crippen LogP contribution in [0.5, 0.6) is 0 Å². The normalized spacial score (nSPS) is 15.6. The van der Waals surface area contributed by atoms with Gasteiger partial charge in [-0.25, -0.2) is 4.79 Å². The van der Waals surface area contributed by atoms with Crippen LogP contribution < -0.4 is 21.7 Å². The van der Waals surface area contributed by atoms with Gasteiger partial charge in [-0.05, 0) is 24.8 Å². The van der Waals surface area contributed by atoms with Crippen molar-refractivity contribution in [3.05, 3.63) is 35.9 Å². The maximum Gasteiger partial charge on any atom is 0.326 e. The summed E-state index contributed by atoms with van der Waals surface area (Å²) >= 11 is 0. The number of carboxylic acids is 1. The van der Waals surface area contributed by atoms with Crippen molar-refractivity contribution in [1.29, 1.82) is 0 Å². The van der Waals surface area contributed by atoms with Crippen molar-refractivity contribution in [3.63, 3.8) is 0 Å². The zero-order chi connectivity index (χ0) is 23.6. The Balaban J connectivity index is 2.65. The summed E-state index contributed by atoms with van der Waals surface area (Å²) in [5.41, 5.74) is 6.72. The molecule has 172 valence electrons. The summed E-state index contributed by atoms with van der Waals surface area (Å²) in [5.74, 6) is -3.59. The zero-order valence-electron chi connectivity index (χ0n) is 18.0. The number of benzene rings is 1. The van der Waals surface area contributed by atoms with E-state index in [1.54, 1.807) is 13.8 Å². The number of nitrogens with two attached hydrogens (primary N) is 1. The minimum atomic E-state index is -1.31. The summed E-state index contributed by atoms with van der Waals surface area (Å²) in [6.07, 6.45) is 0.789. The van der Waals surface area contributed by atoms with Gasteiger partial charge in [0.2, 0.25) is 17.7 Å². The molecule has 0 spiro atoms. The second-order valence-electron chi connectivity index (χ2n) is 7.48. The third-order valence-corrected chi connectivity index (χ3v) is 4.98. The van der Waals surface area contributed by atoms with E-state index < -0.39 is 54.5 Å². The highest BCUT2D eigenvalue weighted by atomic mass is 16.4. The smallest absolute Gasteiger partial charge is 0.326 e. The monoisotopic (exact) mass is 436 g/mol. The molecule has 10 nitrogen and oxygen atoms in total. The first-order valence-corrected chi connectivity index (χ1v) is 10.1. The molecule has 5 atom stereocenters. The molecule has 0 bridgehead atoms. The lowest BCUT2D eigenvalue weighted by molar-refractivity contribution is -0.143. The molecule has 0 aromatic heterocycles. The maximum atomic E-state index is 12.4. The van der Waals surface area contributed by atoms with E-state index >= 15 is 0 Å². The summed E-state index contributed by atoms with van der Waals surface area (Å²) < 4.78 is 0. The molecule has 0 aliphatic carbocycles. The number of amides is 3. The van der Waals surface area contributed by atoms with Crippen LogP contribution in [0.15, 0.2) is 30.3 Å². The van der Waals surface area contributed by atoms with E-state index in [-0.39, 0.29) is 12.3 Å². The molecule has 0 saturated heterocycles. The van der Waals surface area contributed by atoms with Crippen molar-refractivity contribution in [2.45, 2.75) is 57.8 Å². The number of aliphatic hydroxyl groups excluding tert-OH is 1. The summed E-state index contributed by atoms with van der Waals surface area (Å²) in [6.45, 7) is 4.17. The van der Waals surface area contributed by atoms with E-state index in [9.17, 15) is 29.4 Å². The van der Waals surface area contributed by atoms with Crippen LogP contribution in [0, 0.1) is 5.92 Å². The Kier molecular flexibility index (Phi) is 10.6. The highest BCUT2D eigenvalue weighted by Crippen LogP contribution is 2.08.